The van der Waals surface area contributed by atoms with Crippen LogP contribution in [0, 0.1) is 0 Å². The van der Waals surface area contributed by atoms with Gasteiger partial charge in [0.1, 0.15) is 12.4 Å². The predicted molar refractivity (Wildman–Crippen MR) is 73.8 cm³/mol. The molecule has 1 aliphatic heterocycles. The first-order valence-electron chi connectivity index (χ1n) is 6.64. The molecule has 0 spiro atoms. The summed E-state index contributed by atoms with van der Waals surface area (Å²) in [6.07, 6.45) is -0.483. The molecule has 1 aromatic carbocycles. The van der Waals surface area contributed by atoms with Gasteiger partial charge in [0.15, 0.2) is 0 Å². The molecular formula is C14H18F2N2O3. The first-order chi connectivity index (χ1) is 10.00. The Balaban J connectivity index is 1.90. The molecule has 1 aliphatic rings. The van der Waals surface area contributed by atoms with Gasteiger partial charge in [-0.1, -0.05) is 6.07 Å². The normalized spacial score (nSPS) is 20.2. The molecule has 1 saturated heterocycles. The number of carbonyl (C=O) groups is 1. The van der Waals surface area contributed by atoms with Gasteiger partial charge in [0.2, 0.25) is 5.91 Å². The summed E-state index contributed by atoms with van der Waals surface area (Å²) in [6, 6.07) is 5.90. The average molecular weight is 300 g/mol. The van der Waals surface area contributed by atoms with E-state index < -0.39 is 30.8 Å². The van der Waals surface area contributed by atoms with Crippen LogP contribution in [0.25, 0.3) is 0 Å². The maximum atomic E-state index is 13.1. The molecule has 7 heteroatoms. The summed E-state index contributed by atoms with van der Waals surface area (Å²) < 4.78 is 36.4. The van der Waals surface area contributed by atoms with Gasteiger partial charge >= 0.3 is 0 Å². The standard InChI is InChI=1S/C14H18F2N2O3/c1-20-5-6-21-11-4-2-3-10(7-11)18-13(19)12-8-14(15,16)9-17-12/h2-4,7,12,17H,5-6,8-9H2,1H3,(H,18,19). The summed E-state index contributed by atoms with van der Waals surface area (Å²) in [7, 11) is 1.57. The van der Waals surface area contributed by atoms with Crippen molar-refractivity contribution in [3.05, 3.63) is 24.3 Å². The van der Waals surface area contributed by atoms with Gasteiger partial charge in [-0.05, 0) is 12.1 Å². The van der Waals surface area contributed by atoms with Crippen LogP contribution < -0.4 is 15.4 Å². The van der Waals surface area contributed by atoms with Gasteiger partial charge in [0, 0.05) is 25.3 Å². The summed E-state index contributed by atoms with van der Waals surface area (Å²) in [6.45, 7) is 0.382. The van der Waals surface area contributed by atoms with Crippen molar-refractivity contribution >= 4 is 11.6 Å². The molecule has 2 rings (SSSR count). The molecule has 0 aliphatic carbocycles. The van der Waals surface area contributed by atoms with Crippen LogP contribution in [0.3, 0.4) is 0 Å². The maximum Gasteiger partial charge on any atom is 0.262 e. The van der Waals surface area contributed by atoms with E-state index >= 15 is 0 Å². The second kappa shape index (κ2) is 6.82. The number of anilines is 1. The Bertz CT molecular complexity index is 497. The number of hydrogen-bond acceptors (Lipinski definition) is 4. The molecule has 1 fully saturated rings. The lowest BCUT2D eigenvalue weighted by molar-refractivity contribution is -0.118. The number of amides is 1. The number of ether oxygens (including phenoxy) is 2. The van der Waals surface area contributed by atoms with Crippen LogP contribution in [0.5, 0.6) is 5.75 Å². The third kappa shape index (κ3) is 4.64. The first-order valence-corrected chi connectivity index (χ1v) is 6.64. The molecule has 1 amide bonds. The van der Waals surface area contributed by atoms with Crippen molar-refractivity contribution in [2.24, 2.45) is 0 Å². The number of hydrogen-bond donors (Lipinski definition) is 2. The number of halogens is 2. The predicted octanol–water partition coefficient (Wildman–Crippen LogP) is 1.65. The summed E-state index contributed by atoms with van der Waals surface area (Å²) in [5, 5.41) is 5.12. The molecule has 1 unspecified atom stereocenters. The molecule has 0 aromatic heterocycles. The van der Waals surface area contributed by atoms with E-state index in [-0.39, 0.29) is 0 Å². The molecular weight excluding hydrogens is 282 g/mol. The molecule has 116 valence electrons. The fourth-order valence-corrected chi connectivity index (χ4v) is 2.04. The zero-order valence-electron chi connectivity index (χ0n) is 11.7. The number of benzene rings is 1. The molecule has 1 heterocycles. The zero-order chi connectivity index (χ0) is 15.3. The Labute approximate surface area is 121 Å². The number of rotatable bonds is 6. The Kier molecular flexibility index (Phi) is 5.08. The van der Waals surface area contributed by atoms with Crippen molar-refractivity contribution in [1.82, 2.24) is 5.32 Å². The van der Waals surface area contributed by atoms with Crippen molar-refractivity contribution < 1.29 is 23.0 Å². The van der Waals surface area contributed by atoms with Gasteiger partial charge < -0.3 is 14.8 Å². The van der Waals surface area contributed by atoms with Gasteiger partial charge in [-0.2, -0.15) is 0 Å². The van der Waals surface area contributed by atoms with Gasteiger partial charge in [0.25, 0.3) is 5.92 Å². The SMILES string of the molecule is COCCOc1cccc(NC(=O)C2CC(F)(F)CN2)c1. The quantitative estimate of drug-likeness (QED) is 0.784. The summed E-state index contributed by atoms with van der Waals surface area (Å²) in [4.78, 5) is 11.9. The van der Waals surface area contributed by atoms with E-state index in [1.165, 1.54) is 0 Å². The van der Waals surface area contributed by atoms with E-state index in [4.69, 9.17) is 9.47 Å². The van der Waals surface area contributed by atoms with Crippen LogP contribution in [0.1, 0.15) is 6.42 Å². The molecule has 21 heavy (non-hydrogen) atoms. The van der Waals surface area contributed by atoms with E-state index in [0.29, 0.717) is 24.7 Å². The maximum absolute atomic E-state index is 13.1. The molecule has 2 N–H and O–H groups in total. The highest BCUT2D eigenvalue weighted by Crippen LogP contribution is 2.26. The van der Waals surface area contributed by atoms with Crippen molar-refractivity contribution in [3.63, 3.8) is 0 Å². The average Bonchev–Trinajstić information content (AvgIpc) is 2.80. The highest BCUT2D eigenvalue weighted by atomic mass is 19.3. The molecule has 5 nitrogen and oxygen atoms in total. The van der Waals surface area contributed by atoms with Gasteiger partial charge in [0.05, 0.1) is 19.2 Å². The van der Waals surface area contributed by atoms with Crippen molar-refractivity contribution in [2.45, 2.75) is 18.4 Å². The fraction of sp³-hybridized carbons (Fsp3) is 0.500. The molecule has 0 radical (unpaired) electrons. The Morgan fingerprint density at radius 3 is 2.95 bits per heavy atom. The van der Waals surface area contributed by atoms with Gasteiger partial charge in [-0.3, -0.25) is 10.1 Å². The van der Waals surface area contributed by atoms with Crippen LogP contribution in [-0.2, 0) is 9.53 Å². The summed E-state index contributed by atoms with van der Waals surface area (Å²) >= 11 is 0. The van der Waals surface area contributed by atoms with Crippen molar-refractivity contribution in [2.75, 3.05) is 32.2 Å². The van der Waals surface area contributed by atoms with Crippen LogP contribution >= 0.6 is 0 Å². The first kappa shape index (κ1) is 15.7. The molecule has 1 atom stereocenters. The largest absolute Gasteiger partial charge is 0.491 e. The summed E-state index contributed by atoms with van der Waals surface area (Å²) in [5.74, 6) is -2.72. The van der Waals surface area contributed by atoms with Crippen LogP contribution in [-0.4, -0.2) is 44.7 Å². The lowest BCUT2D eigenvalue weighted by Gasteiger charge is -2.12. The third-order valence-corrected chi connectivity index (χ3v) is 3.08. The van der Waals surface area contributed by atoms with Crippen molar-refractivity contribution in [3.8, 4) is 5.75 Å². The highest BCUT2D eigenvalue weighted by Gasteiger charge is 2.42. The smallest absolute Gasteiger partial charge is 0.262 e. The topological polar surface area (TPSA) is 59.6 Å². The molecule has 1 aromatic rings. The second-order valence-electron chi connectivity index (χ2n) is 4.85. The van der Waals surface area contributed by atoms with Crippen LogP contribution in [0.15, 0.2) is 24.3 Å². The highest BCUT2D eigenvalue weighted by molar-refractivity contribution is 5.95. The number of nitrogens with one attached hydrogen (secondary N) is 2. The Morgan fingerprint density at radius 2 is 2.29 bits per heavy atom. The number of methoxy groups -OCH3 is 1. The van der Waals surface area contributed by atoms with Crippen molar-refractivity contribution in [1.29, 1.82) is 0 Å². The molecule has 0 bridgehead atoms. The van der Waals surface area contributed by atoms with Gasteiger partial charge in [-0.25, -0.2) is 8.78 Å². The monoisotopic (exact) mass is 300 g/mol. The van der Waals surface area contributed by atoms with Gasteiger partial charge in [-0.15, -0.1) is 0 Å². The van der Waals surface area contributed by atoms with Crippen LogP contribution in [0.2, 0.25) is 0 Å². The van der Waals surface area contributed by atoms with E-state index in [1.807, 2.05) is 0 Å². The fourth-order valence-electron chi connectivity index (χ4n) is 2.04. The Morgan fingerprint density at radius 1 is 1.48 bits per heavy atom. The minimum Gasteiger partial charge on any atom is -0.491 e. The summed E-state index contributed by atoms with van der Waals surface area (Å²) in [5.41, 5.74) is 0.506. The lowest BCUT2D eigenvalue weighted by Crippen LogP contribution is -2.35. The zero-order valence-corrected chi connectivity index (χ0v) is 11.7. The third-order valence-electron chi connectivity index (χ3n) is 3.08. The van der Waals surface area contributed by atoms with E-state index in [2.05, 4.69) is 10.6 Å². The minimum atomic E-state index is -2.83. The minimum absolute atomic E-state index is 0.393. The van der Waals surface area contributed by atoms with Crippen LogP contribution in [0.4, 0.5) is 14.5 Å². The Hall–Kier alpha value is -1.73. The van der Waals surface area contributed by atoms with E-state index in [9.17, 15) is 13.6 Å². The second-order valence-corrected chi connectivity index (χ2v) is 4.85. The number of alkyl halides is 2. The van der Waals surface area contributed by atoms with E-state index in [1.54, 1.807) is 31.4 Å². The van der Waals surface area contributed by atoms with E-state index in [0.717, 1.165) is 0 Å². The molecule has 0 saturated carbocycles. The lowest BCUT2D eigenvalue weighted by atomic mass is 10.2. The number of carbonyl (C=O) groups excluding carboxylic acids is 1.